The maximum atomic E-state index is 12.7. The molecule has 1 fully saturated rings. The lowest BCUT2D eigenvalue weighted by atomic mass is 10.2. The number of aromatic nitrogens is 6. The first-order chi connectivity index (χ1) is 14.3. The number of sulfone groups is 1. The predicted molar refractivity (Wildman–Crippen MR) is 111 cm³/mol. The molecule has 1 N–H and O–H groups in total. The van der Waals surface area contributed by atoms with Crippen molar-refractivity contribution in [3.8, 4) is 0 Å². The zero-order valence-electron chi connectivity index (χ0n) is 15.8. The number of hydrogen-bond acceptors (Lipinski definition) is 8. The highest BCUT2D eigenvalue weighted by molar-refractivity contribution is 7.90. The van der Waals surface area contributed by atoms with Crippen LogP contribution in [0.1, 0.15) is 24.7 Å². The smallest absolute Gasteiger partial charge is 0.267 e. The molecular formula is C18H16ClN7O3S. The quantitative estimate of drug-likeness (QED) is 0.505. The van der Waals surface area contributed by atoms with Gasteiger partial charge in [-0.2, -0.15) is 4.98 Å². The van der Waals surface area contributed by atoms with Gasteiger partial charge in [0.25, 0.3) is 10.7 Å². The average Bonchev–Trinajstić information content (AvgIpc) is 3.35. The molecule has 30 heavy (non-hydrogen) atoms. The van der Waals surface area contributed by atoms with Crippen LogP contribution in [0.15, 0.2) is 40.5 Å². The number of benzene rings is 1. The van der Waals surface area contributed by atoms with E-state index in [0.29, 0.717) is 46.2 Å². The van der Waals surface area contributed by atoms with E-state index in [1.807, 2.05) is 4.90 Å². The summed E-state index contributed by atoms with van der Waals surface area (Å²) < 4.78 is 25.6. The Hall–Kier alpha value is -3.05. The molecule has 1 saturated heterocycles. The van der Waals surface area contributed by atoms with Crippen LogP contribution in [0.5, 0.6) is 0 Å². The van der Waals surface area contributed by atoms with Gasteiger partial charge in [-0.1, -0.05) is 17.7 Å². The number of imidazole rings is 1. The standard InChI is InChI=1S/C18H16ClN7O3S/c1-30(28,29)18-23-16(15-20-7-9-26(15)24-18)25-8-3-6-12(25)14-21-11-5-2-4-10(19)13(11)17(27)22-14/h2,4-5,7,9,12H,3,6,8H2,1H3,(H,21,22,27)/t12-/m0/s1. The van der Waals surface area contributed by atoms with Crippen molar-refractivity contribution >= 4 is 43.8 Å². The van der Waals surface area contributed by atoms with Gasteiger partial charge >= 0.3 is 0 Å². The summed E-state index contributed by atoms with van der Waals surface area (Å²) in [5.74, 6) is 0.850. The van der Waals surface area contributed by atoms with E-state index < -0.39 is 9.84 Å². The van der Waals surface area contributed by atoms with Gasteiger partial charge in [-0.25, -0.2) is 22.9 Å². The second-order valence-corrected chi connectivity index (χ2v) is 9.44. The Labute approximate surface area is 175 Å². The number of aromatic amines is 1. The summed E-state index contributed by atoms with van der Waals surface area (Å²) >= 11 is 6.16. The van der Waals surface area contributed by atoms with E-state index in [4.69, 9.17) is 11.6 Å². The molecule has 0 aliphatic carbocycles. The molecule has 0 bridgehead atoms. The van der Waals surface area contributed by atoms with Crippen molar-refractivity contribution in [1.82, 2.24) is 29.5 Å². The van der Waals surface area contributed by atoms with E-state index in [9.17, 15) is 13.2 Å². The number of rotatable bonds is 3. The number of nitrogens with zero attached hydrogens (tertiary/aromatic N) is 6. The molecule has 3 aromatic heterocycles. The molecule has 1 aromatic carbocycles. The van der Waals surface area contributed by atoms with Crippen LogP contribution in [0.25, 0.3) is 16.6 Å². The fourth-order valence-electron chi connectivity index (χ4n) is 3.77. The largest absolute Gasteiger partial charge is 0.343 e. The van der Waals surface area contributed by atoms with Gasteiger partial charge < -0.3 is 9.88 Å². The molecule has 1 aliphatic heterocycles. The molecule has 10 nitrogen and oxygen atoms in total. The van der Waals surface area contributed by atoms with Crippen LogP contribution in [-0.4, -0.2) is 50.8 Å². The molecule has 0 unspecified atom stereocenters. The maximum absolute atomic E-state index is 12.7. The molecule has 0 saturated carbocycles. The number of fused-ring (bicyclic) bond motifs is 2. The SMILES string of the molecule is CS(=O)(=O)c1nc(N2CCC[C@H]2c2nc3cccc(Cl)c3c(=O)[nH]2)c2nccn2n1. The van der Waals surface area contributed by atoms with Gasteiger partial charge in [0, 0.05) is 25.2 Å². The minimum Gasteiger partial charge on any atom is -0.343 e. The Bertz CT molecular complexity index is 1460. The van der Waals surface area contributed by atoms with Crippen molar-refractivity contribution in [2.45, 2.75) is 24.0 Å². The highest BCUT2D eigenvalue weighted by atomic mass is 35.5. The van der Waals surface area contributed by atoms with Gasteiger partial charge in [0.05, 0.1) is 22.0 Å². The summed E-state index contributed by atoms with van der Waals surface area (Å²) in [6, 6.07) is 4.82. The van der Waals surface area contributed by atoms with E-state index in [2.05, 4.69) is 25.0 Å². The molecule has 0 amide bonds. The number of halogens is 1. The highest BCUT2D eigenvalue weighted by Gasteiger charge is 2.32. The third-order valence-corrected chi connectivity index (χ3v) is 6.24. The van der Waals surface area contributed by atoms with Crippen LogP contribution >= 0.6 is 11.6 Å². The Morgan fingerprint density at radius 3 is 2.90 bits per heavy atom. The number of nitrogens with one attached hydrogen (secondary N) is 1. The monoisotopic (exact) mass is 445 g/mol. The molecule has 4 heterocycles. The van der Waals surface area contributed by atoms with Gasteiger partial charge in [-0.15, -0.1) is 5.10 Å². The normalized spacial score (nSPS) is 17.3. The Morgan fingerprint density at radius 1 is 1.27 bits per heavy atom. The van der Waals surface area contributed by atoms with E-state index in [1.165, 1.54) is 10.7 Å². The Kier molecular flexibility index (Phi) is 4.26. The van der Waals surface area contributed by atoms with Crippen molar-refractivity contribution in [2.75, 3.05) is 17.7 Å². The number of hydrogen-bond donors (Lipinski definition) is 1. The summed E-state index contributed by atoms with van der Waals surface area (Å²) in [7, 11) is -3.63. The van der Waals surface area contributed by atoms with Crippen LogP contribution in [0.2, 0.25) is 5.02 Å². The first-order valence-corrected chi connectivity index (χ1v) is 11.5. The first kappa shape index (κ1) is 18.9. The first-order valence-electron chi connectivity index (χ1n) is 9.19. The maximum Gasteiger partial charge on any atom is 0.267 e. The van der Waals surface area contributed by atoms with Gasteiger partial charge in [0.2, 0.25) is 9.84 Å². The van der Waals surface area contributed by atoms with Gasteiger partial charge in [-0.05, 0) is 25.0 Å². The fourth-order valence-corrected chi connectivity index (χ4v) is 4.52. The average molecular weight is 446 g/mol. The molecular weight excluding hydrogens is 430 g/mol. The van der Waals surface area contributed by atoms with Gasteiger partial charge in [0.15, 0.2) is 11.5 Å². The van der Waals surface area contributed by atoms with Crippen LogP contribution in [0, 0.1) is 0 Å². The Morgan fingerprint density at radius 2 is 2.10 bits per heavy atom. The Balaban J connectivity index is 1.68. The zero-order chi connectivity index (χ0) is 21.0. The van der Waals surface area contributed by atoms with Gasteiger partial charge in [0.1, 0.15) is 5.82 Å². The van der Waals surface area contributed by atoms with E-state index in [0.717, 1.165) is 12.7 Å². The topological polar surface area (TPSA) is 126 Å². The molecule has 12 heteroatoms. The molecule has 1 aliphatic rings. The second kappa shape index (κ2) is 6.74. The summed E-state index contributed by atoms with van der Waals surface area (Å²) in [5, 5.41) is 4.42. The van der Waals surface area contributed by atoms with Crippen molar-refractivity contribution < 1.29 is 8.42 Å². The van der Waals surface area contributed by atoms with Gasteiger partial charge in [-0.3, -0.25) is 4.79 Å². The third kappa shape index (κ3) is 3.01. The van der Waals surface area contributed by atoms with Crippen molar-refractivity contribution in [2.24, 2.45) is 0 Å². The fraction of sp³-hybridized carbons (Fsp3) is 0.278. The zero-order valence-corrected chi connectivity index (χ0v) is 17.4. The van der Waals surface area contributed by atoms with Crippen molar-refractivity contribution in [3.63, 3.8) is 0 Å². The van der Waals surface area contributed by atoms with E-state index >= 15 is 0 Å². The molecule has 154 valence electrons. The summed E-state index contributed by atoms with van der Waals surface area (Å²) in [6.07, 6.45) is 5.68. The lowest BCUT2D eigenvalue weighted by molar-refractivity contribution is 0.585. The molecule has 0 radical (unpaired) electrons. The van der Waals surface area contributed by atoms with Crippen LogP contribution in [0.4, 0.5) is 5.82 Å². The molecule has 4 aromatic rings. The molecule has 1 atom stereocenters. The third-order valence-electron chi connectivity index (χ3n) is 5.09. The lowest BCUT2D eigenvalue weighted by Crippen LogP contribution is -2.28. The predicted octanol–water partition coefficient (Wildman–Crippen LogP) is 1.76. The molecule has 0 spiro atoms. The van der Waals surface area contributed by atoms with Crippen molar-refractivity contribution in [1.29, 1.82) is 0 Å². The lowest BCUT2D eigenvalue weighted by Gasteiger charge is -2.25. The minimum absolute atomic E-state index is 0.291. The second-order valence-electron chi connectivity index (χ2n) is 7.12. The summed E-state index contributed by atoms with van der Waals surface area (Å²) in [6.45, 7) is 0.602. The molecule has 5 rings (SSSR count). The van der Waals surface area contributed by atoms with Crippen LogP contribution in [-0.2, 0) is 9.84 Å². The number of H-pyrrole nitrogens is 1. The summed E-state index contributed by atoms with van der Waals surface area (Å²) in [5.41, 5.74) is 0.608. The van der Waals surface area contributed by atoms with Crippen molar-refractivity contribution in [3.05, 3.63) is 51.8 Å². The number of anilines is 1. The van der Waals surface area contributed by atoms with Crippen LogP contribution in [0.3, 0.4) is 0 Å². The van der Waals surface area contributed by atoms with Crippen LogP contribution < -0.4 is 10.5 Å². The van der Waals surface area contributed by atoms with E-state index in [1.54, 1.807) is 24.4 Å². The van der Waals surface area contributed by atoms with E-state index in [-0.39, 0.29) is 16.8 Å². The minimum atomic E-state index is -3.63. The summed E-state index contributed by atoms with van der Waals surface area (Å²) in [4.78, 5) is 30.6. The highest BCUT2D eigenvalue weighted by Crippen LogP contribution is 2.35.